The summed E-state index contributed by atoms with van der Waals surface area (Å²) in [4.78, 5) is 4.93. The van der Waals surface area contributed by atoms with E-state index in [-0.39, 0.29) is 0 Å². The molecule has 0 spiro atoms. The highest BCUT2D eigenvalue weighted by Gasteiger charge is 2.32. The molecule has 0 amide bonds. The first-order valence-corrected chi connectivity index (χ1v) is 8.10. The molecule has 0 aromatic carbocycles. The number of hydrogen-bond acceptors (Lipinski definition) is 3. The zero-order chi connectivity index (χ0) is 14.4. The highest BCUT2D eigenvalue weighted by atomic mass is 15.2. The summed E-state index contributed by atoms with van der Waals surface area (Å²) in [6, 6.07) is 0.977. The van der Waals surface area contributed by atoms with Gasteiger partial charge in [0.2, 0.25) is 0 Å². The lowest BCUT2D eigenvalue weighted by molar-refractivity contribution is 0.0903. The van der Waals surface area contributed by atoms with E-state index in [1.54, 1.807) is 0 Å². The van der Waals surface area contributed by atoms with Crippen LogP contribution in [0.2, 0.25) is 0 Å². The molecule has 1 rings (SSSR count). The SMILES string of the molecule is CCCN(CCN(C)C)C1CC(C(C)C)CCC1N. The van der Waals surface area contributed by atoms with Crippen LogP contribution >= 0.6 is 0 Å². The molecule has 0 bridgehead atoms. The van der Waals surface area contributed by atoms with E-state index in [9.17, 15) is 0 Å². The number of likely N-dealkylation sites (N-methyl/N-ethyl adjacent to an activating group) is 1. The highest BCUT2D eigenvalue weighted by molar-refractivity contribution is 4.90. The Labute approximate surface area is 120 Å². The second-order valence-corrected chi connectivity index (χ2v) is 6.89. The fourth-order valence-electron chi connectivity index (χ4n) is 3.29. The van der Waals surface area contributed by atoms with E-state index in [1.165, 1.54) is 32.2 Å². The minimum absolute atomic E-state index is 0.378. The van der Waals surface area contributed by atoms with Gasteiger partial charge in [0.15, 0.2) is 0 Å². The Morgan fingerprint density at radius 3 is 2.32 bits per heavy atom. The molecule has 0 aliphatic heterocycles. The van der Waals surface area contributed by atoms with Gasteiger partial charge in [0, 0.05) is 25.2 Å². The van der Waals surface area contributed by atoms with Crippen molar-refractivity contribution in [3.63, 3.8) is 0 Å². The first kappa shape index (κ1) is 16.9. The Morgan fingerprint density at radius 1 is 1.11 bits per heavy atom. The zero-order valence-corrected chi connectivity index (χ0v) is 13.7. The molecule has 3 heteroatoms. The van der Waals surface area contributed by atoms with E-state index in [1.807, 2.05) is 0 Å². The Kier molecular flexibility index (Phi) is 7.33. The van der Waals surface area contributed by atoms with Gasteiger partial charge >= 0.3 is 0 Å². The molecule has 1 aliphatic rings. The molecule has 3 atom stereocenters. The van der Waals surface area contributed by atoms with Crippen molar-refractivity contribution in [3.8, 4) is 0 Å². The average molecular weight is 269 g/mol. The van der Waals surface area contributed by atoms with E-state index in [0.29, 0.717) is 12.1 Å². The average Bonchev–Trinajstić information content (AvgIpc) is 2.35. The standard InChI is InChI=1S/C16H35N3/c1-6-9-19(11-10-18(4)5)16-12-14(13(2)3)7-8-15(16)17/h13-16H,6-12,17H2,1-5H3. The largest absolute Gasteiger partial charge is 0.326 e. The molecule has 1 fully saturated rings. The van der Waals surface area contributed by atoms with Crippen LogP contribution in [0.1, 0.15) is 46.5 Å². The summed E-state index contributed by atoms with van der Waals surface area (Å²) in [6.45, 7) is 10.5. The van der Waals surface area contributed by atoms with Gasteiger partial charge < -0.3 is 10.6 Å². The molecule has 3 unspecified atom stereocenters. The Morgan fingerprint density at radius 2 is 1.79 bits per heavy atom. The summed E-state index contributed by atoms with van der Waals surface area (Å²) in [7, 11) is 4.31. The van der Waals surface area contributed by atoms with E-state index in [0.717, 1.165) is 24.9 Å². The topological polar surface area (TPSA) is 32.5 Å². The van der Waals surface area contributed by atoms with Crippen LogP contribution in [0.4, 0.5) is 0 Å². The summed E-state index contributed by atoms with van der Waals surface area (Å²) in [5.74, 6) is 1.66. The molecule has 19 heavy (non-hydrogen) atoms. The monoisotopic (exact) mass is 269 g/mol. The van der Waals surface area contributed by atoms with Crippen LogP contribution in [0, 0.1) is 11.8 Å². The Hall–Kier alpha value is -0.120. The molecule has 0 aromatic heterocycles. The van der Waals surface area contributed by atoms with Gasteiger partial charge in [0.05, 0.1) is 0 Å². The van der Waals surface area contributed by atoms with E-state index in [2.05, 4.69) is 44.7 Å². The summed E-state index contributed by atoms with van der Waals surface area (Å²) in [5.41, 5.74) is 6.42. The fourth-order valence-corrected chi connectivity index (χ4v) is 3.29. The van der Waals surface area contributed by atoms with Crippen LogP contribution in [-0.4, -0.2) is 55.6 Å². The lowest BCUT2D eigenvalue weighted by Crippen LogP contribution is -2.53. The summed E-state index contributed by atoms with van der Waals surface area (Å²) in [6.07, 6.45) is 5.05. The third-order valence-electron chi connectivity index (χ3n) is 4.67. The van der Waals surface area contributed by atoms with Crippen molar-refractivity contribution in [2.45, 2.75) is 58.5 Å². The van der Waals surface area contributed by atoms with Gasteiger partial charge in [0.25, 0.3) is 0 Å². The van der Waals surface area contributed by atoms with Crippen molar-refractivity contribution in [3.05, 3.63) is 0 Å². The van der Waals surface area contributed by atoms with Gasteiger partial charge in [-0.15, -0.1) is 0 Å². The fraction of sp³-hybridized carbons (Fsp3) is 1.00. The molecular weight excluding hydrogens is 234 g/mol. The maximum absolute atomic E-state index is 6.42. The van der Waals surface area contributed by atoms with Crippen molar-refractivity contribution in [2.24, 2.45) is 17.6 Å². The van der Waals surface area contributed by atoms with Crippen molar-refractivity contribution in [1.29, 1.82) is 0 Å². The molecule has 0 heterocycles. The van der Waals surface area contributed by atoms with Crippen LogP contribution in [0.5, 0.6) is 0 Å². The maximum Gasteiger partial charge on any atom is 0.0250 e. The van der Waals surface area contributed by atoms with Gasteiger partial charge in [-0.2, -0.15) is 0 Å². The first-order chi connectivity index (χ1) is 8.95. The lowest BCUT2D eigenvalue weighted by atomic mass is 9.76. The molecule has 0 aromatic rings. The summed E-state index contributed by atoms with van der Waals surface area (Å²) < 4.78 is 0. The molecule has 3 nitrogen and oxygen atoms in total. The molecule has 114 valence electrons. The Bertz CT molecular complexity index is 240. The van der Waals surface area contributed by atoms with Gasteiger partial charge in [-0.05, 0) is 58.2 Å². The smallest absolute Gasteiger partial charge is 0.0250 e. The minimum Gasteiger partial charge on any atom is -0.326 e. The summed E-state index contributed by atoms with van der Waals surface area (Å²) >= 11 is 0. The molecule has 0 radical (unpaired) electrons. The lowest BCUT2D eigenvalue weighted by Gasteiger charge is -2.43. The number of rotatable bonds is 7. The van der Waals surface area contributed by atoms with Crippen LogP contribution < -0.4 is 5.73 Å². The normalized spacial score (nSPS) is 28.6. The maximum atomic E-state index is 6.42. The third kappa shape index (κ3) is 5.41. The number of nitrogens with two attached hydrogens (primary N) is 1. The zero-order valence-electron chi connectivity index (χ0n) is 13.7. The Balaban J connectivity index is 2.62. The van der Waals surface area contributed by atoms with E-state index >= 15 is 0 Å². The summed E-state index contributed by atoms with van der Waals surface area (Å²) in [5, 5.41) is 0. The number of nitrogens with zero attached hydrogens (tertiary/aromatic N) is 2. The van der Waals surface area contributed by atoms with Crippen molar-refractivity contribution >= 4 is 0 Å². The molecule has 1 saturated carbocycles. The van der Waals surface area contributed by atoms with Crippen LogP contribution in [0.3, 0.4) is 0 Å². The van der Waals surface area contributed by atoms with Gasteiger partial charge in [-0.3, -0.25) is 4.90 Å². The predicted octanol–water partition coefficient (Wildman–Crippen LogP) is 2.41. The molecule has 0 saturated heterocycles. The van der Waals surface area contributed by atoms with E-state index in [4.69, 9.17) is 5.73 Å². The molecule has 1 aliphatic carbocycles. The van der Waals surface area contributed by atoms with Gasteiger partial charge in [-0.25, -0.2) is 0 Å². The quantitative estimate of drug-likeness (QED) is 0.770. The van der Waals surface area contributed by atoms with Crippen LogP contribution in [0.15, 0.2) is 0 Å². The third-order valence-corrected chi connectivity index (χ3v) is 4.67. The molecular formula is C16H35N3. The second-order valence-electron chi connectivity index (χ2n) is 6.89. The number of hydrogen-bond donors (Lipinski definition) is 1. The van der Waals surface area contributed by atoms with Gasteiger partial charge in [-0.1, -0.05) is 20.8 Å². The highest BCUT2D eigenvalue weighted by Crippen LogP contribution is 2.32. The molecule has 2 N–H and O–H groups in total. The second kappa shape index (κ2) is 8.23. The van der Waals surface area contributed by atoms with Crippen molar-refractivity contribution < 1.29 is 0 Å². The predicted molar refractivity (Wildman–Crippen MR) is 84.4 cm³/mol. The van der Waals surface area contributed by atoms with Crippen LogP contribution in [-0.2, 0) is 0 Å². The van der Waals surface area contributed by atoms with E-state index < -0.39 is 0 Å². The minimum atomic E-state index is 0.378. The van der Waals surface area contributed by atoms with Crippen molar-refractivity contribution in [1.82, 2.24) is 9.80 Å². The first-order valence-electron chi connectivity index (χ1n) is 8.10. The van der Waals surface area contributed by atoms with Gasteiger partial charge in [0.1, 0.15) is 0 Å². The van der Waals surface area contributed by atoms with Crippen molar-refractivity contribution in [2.75, 3.05) is 33.7 Å². The van der Waals surface area contributed by atoms with Crippen LogP contribution in [0.25, 0.3) is 0 Å².